The molecule has 0 radical (unpaired) electrons. The van der Waals surface area contributed by atoms with Crippen LogP contribution < -0.4 is 10.6 Å². The van der Waals surface area contributed by atoms with Crippen molar-refractivity contribution in [3.05, 3.63) is 0 Å². The molecule has 0 aromatic heterocycles. The lowest BCUT2D eigenvalue weighted by Gasteiger charge is -2.43. The molecule has 6 atom stereocenters. The number of carbonyl (C=O) groups excluding carboxylic acids is 5. The Labute approximate surface area is 307 Å². The van der Waals surface area contributed by atoms with E-state index in [1.807, 2.05) is 34.6 Å². The molecular weight excluding hydrogens is 669 g/mol. The van der Waals surface area contributed by atoms with Crippen LogP contribution in [-0.4, -0.2) is 91.4 Å². The van der Waals surface area contributed by atoms with Crippen LogP contribution in [0.25, 0.3) is 0 Å². The van der Waals surface area contributed by atoms with Crippen molar-refractivity contribution in [1.82, 2.24) is 19.8 Å². The van der Waals surface area contributed by atoms with E-state index in [2.05, 4.69) is 24.5 Å². The van der Waals surface area contributed by atoms with Gasteiger partial charge in [-0.2, -0.15) is 0 Å². The van der Waals surface area contributed by atoms with Crippen LogP contribution in [0.2, 0.25) is 0 Å². The maximum Gasteiger partial charge on any atom is 0.315 e. The number of nitrogens with zero attached hydrogens (tertiary/aromatic N) is 2. The van der Waals surface area contributed by atoms with E-state index in [1.165, 1.54) is 11.4 Å². The van der Waals surface area contributed by atoms with E-state index >= 15 is 4.79 Å². The van der Waals surface area contributed by atoms with E-state index in [9.17, 15) is 27.6 Å². The van der Waals surface area contributed by atoms with Crippen molar-refractivity contribution in [3.63, 3.8) is 0 Å². The number of rotatable bonds is 16. The van der Waals surface area contributed by atoms with Gasteiger partial charge in [0.15, 0.2) is 11.6 Å². The third-order valence-corrected chi connectivity index (χ3v) is 14.1. The van der Waals surface area contributed by atoms with Gasteiger partial charge in [-0.25, -0.2) is 17.5 Å². The Balaban J connectivity index is 1.63. The second kappa shape index (κ2) is 15.9. The summed E-state index contributed by atoms with van der Waals surface area (Å²) in [5, 5.41) is 6.06. The molecule has 12 heteroatoms. The highest BCUT2D eigenvalue weighted by Crippen LogP contribution is 2.54. The van der Waals surface area contributed by atoms with E-state index in [0.29, 0.717) is 19.4 Å². The number of Topliss-reactive ketones (excluding diaryl/α,β-unsaturated/α-hetero) is 3. The number of ketones is 3. The lowest BCUT2D eigenvalue weighted by molar-refractivity contribution is -0.144. The molecule has 1 heterocycles. The molecule has 0 aromatic carbocycles. The summed E-state index contributed by atoms with van der Waals surface area (Å²) in [6, 6.07) is -2.73. The third-order valence-electron chi connectivity index (χ3n) is 12.9. The molecule has 0 aromatic rings. The summed E-state index contributed by atoms with van der Waals surface area (Å²) in [6.45, 7) is 14.6. The topological polar surface area (TPSA) is 150 Å². The van der Waals surface area contributed by atoms with E-state index in [0.717, 1.165) is 64.0 Å². The first kappa shape index (κ1) is 41.4. The fraction of sp³-hybridized carbons (Fsp3) is 0.872. The molecule has 0 bridgehead atoms. The molecule has 1 aliphatic heterocycles. The molecule has 1 unspecified atom stereocenters. The predicted octanol–water partition coefficient (Wildman–Crippen LogP) is 5.51. The zero-order chi connectivity index (χ0) is 38.1. The molecule has 4 rings (SSSR count). The fourth-order valence-electron chi connectivity index (χ4n) is 9.02. The molecule has 2 N–H and O–H groups in total. The number of carbonyl (C=O) groups is 5. The molecule has 290 valence electrons. The average Bonchev–Trinajstić information content (AvgIpc) is 3.67. The van der Waals surface area contributed by atoms with Gasteiger partial charge in [-0.3, -0.25) is 19.2 Å². The Bertz CT molecular complexity index is 1430. The second-order valence-corrected chi connectivity index (χ2v) is 20.6. The molecule has 3 aliphatic carbocycles. The molecule has 51 heavy (non-hydrogen) atoms. The first-order valence-electron chi connectivity index (χ1n) is 19.5. The smallest absolute Gasteiger partial charge is 0.315 e. The SMILES string of the molecule is CCCC(CC(=O)[C@@H]1[C@H]2CCC(C)(C)[C@H]2CN1C(=O)[C@@H](NC(=O)N[C@H](CN(C)S(C)(=O)=O)C(C)(C)C)C1(C)CCCCC1)C(=O)C(=O)CC1CC1. The number of hydrogen-bond acceptors (Lipinski definition) is 7. The van der Waals surface area contributed by atoms with Crippen LogP contribution in [0.1, 0.15) is 132 Å². The monoisotopic (exact) mass is 734 g/mol. The summed E-state index contributed by atoms with van der Waals surface area (Å²) in [7, 11) is -2.02. The number of sulfonamides is 1. The van der Waals surface area contributed by atoms with Gasteiger partial charge >= 0.3 is 6.03 Å². The Morgan fingerprint density at radius 3 is 2.12 bits per heavy atom. The summed E-state index contributed by atoms with van der Waals surface area (Å²) < 4.78 is 25.7. The highest BCUT2D eigenvalue weighted by atomic mass is 32.2. The van der Waals surface area contributed by atoms with E-state index < -0.39 is 56.7 Å². The molecule has 3 amide bonds. The van der Waals surface area contributed by atoms with Crippen LogP contribution in [-0.2, 0) is 29.2 Å². The molecule has 4 aliphatic rings. The Morgan fingerprint density at radius 1 is 0.941 bits per heavy atom. The van der Waals surface area contributed by atoms with Crippen molar-refractivity contribution in [2.75, 3.05) is 26.4 Å². The maximum absolute atomic E-state index is 15.0. The molecule has 11 nitrogen and oxygen atoms in total. The minimum absolute atomic E-state index is 0.0542. The van der Waals surface area contributed by atoms with Gasteiger partial charge in [0.25, 0.3) is 0 Å². The van der Waals surface area contributed by atoms with Crippen LogP contribution in [0.3, 0.4) is 0 Å². The zero-order valence-corrected chi connectivity index (χ0v) is 33.6. The molecule has 4 fully saturated rings. The van der Waals surface area contributed by atoms with Gasteiger partial charge in [0.2, 0.25) is 21.7 Å². The number of hydrogen-bond donors (Lipinski definition) is 2. The molecule has 1 saturated heterocycles. The molecular formula is C39H66N4O7S. The van der Waals surface area contributed by atoms with Gasteiger partial charge in [-0.15, -0.1) is 0 Å². The summed E-state index contributed by atoms with van der Waals surface area (Å²) in [4.78, 5) is 71.4. The molecule has 3 saturated carbocycles. The first-order valence-corrected chi connectivity index (χ1v) is 21.3. The lowest BCUT2D eigenvalue weighted by Crippen LogP contribution is -2.62. The quantitative estimate of drug-likeness (QED) is 0.199. The highest BCUT2D eigenvalue weighted by Gasteiger charge is 2.57. The third kappa shape index (κ3) is 10.0. The van der Waals surface area contributed by atoms with Crippen LogP contribution in [0.5, 0.6) is 0 Å². The van der Waals surface area contributed by atoms with Gasteiger partial charge in [-0.1, -0.05) is 74.1 Å². The summed E-state index contributed by atoms with van der Waals surface area (Å²) in [5.74, 6) is -1.62. The number of amides is 3. The Hall–Kier alpha value is -2.34. The van der Waals surface area contributed by atoms with Crippen molar-refractivity contribution in [2.24, 2.45) is 39.9 Å². The van der Waals surface area contributed by atoms with Crippen molar-refractivity contribution < 1.29 is 32.4 Å². The van der Waals surface area contributed by atoms with Crippen molar-refractivity contribution in [2.45, 2.75) is 150 Å². The van der Waals surface area contributed by atoms with Crippen LogP contribution in [0.4, 0.5) is 4.79 Å². The van der Waals surface area contributed by atoms with Crippen LogP contribution in [0, 0.1) is 39.9 Å². The minimum atomic E-state index is -3.50. The summed E-state index contributed by atoms with van der Waals surface area (Å²) in [6.07, 6.45) is 10.5. The summed E-state index contributed by atoms with van der Waals surface area (Å²) >= 11 is 0. The van der Waals surface area contributed by atoms with Gasteiger partial charge in [0.05, 0.1) is 12.3 Å². The standard InChI is InChI=1S/C39H66N4O7S/c1-10-14-26(33(46)30(45)21-25-15-16-25)22-29(44)32-27-17-20-38(5,6)28(27)23-43(32)35(47)34(39(7)18-12-11-13-19-39)41-36(48)40-31(37(2,3)4)24-42(8)51(9,49)50/h25-28,31-32,34H,10-24H2,1-9H3,(H2,40,41,48)/t26?,27-,28-,31+,32-,34+/m0/s1. The number of fused-ring (bicyclic) bond motifs is 1. The first-order chi connectivity index (χ1) is 23.6. The van der Waals surface area contributed by atoms with Crippen LogP contribution >= 0.6 is 0 Å². The van der Waals surface area contributed by atoms with Gasteiger partial charge in [-0.05, 0) is 78.9 Å². The second-order valence-electron chi connectivity index (χ2n) is 18.6. The van der Waals surface area contributed by atoms with Gasteiger partial charge in [0.1, 0.15) is 6.04 Å². The number of likely N-dealkylation sites (N-methyl/N-ethyl adjacent to an activating group) is 1. The van der Waals surface area contributed by atoms with Crippen molar-refractivity contribution >= 4 is 39.3 Å². The van der Waals surface area contributed by atoms with Crippen molar-refractivity contribution in [3.8, 4) is 0 Å². The number of likely N-dealkylation sites (tertiary alicyclic amines) is 1. The Kier molecular flexibility index (Phi) is 13.0. The predicted molar refractivity (Wildman–Crippen MR) is 198 cm³/mol. The Morgan fingerprint density at radius 2 is 1.57 bits per heavy atom. The normalized spacial score (nSPS) is 26.2. The number of urea groups is 1. The highest BCUT2D eigenvalue weighted by molar-refractivity contribution is 7.88. The lowest BCUT2D eigenvalue weighted by atomic mass is 9.70. The molecule has 0 spiro atoms. The summed E-state index contributed by atoms with van der Waals surface area (Å²) in [5.41, 5.74) is -1.13. The average molecular weight is 735 g/mol. The number of nitrogens with one attached hydrogen (secondary N) is 2. The van der Waals surface area contributed by atoms with Crippen LogP contribution in [0.15, 0.2) is 0 Å². The van der Waals surface area contributed by atoms with E-state index in [1.54, 1.807) is 4.90 Å². The zero-order valence-electron chi connectivity index (χ0n) is 32.8. The van der Waals surface area contributed by atoms with E-state index in [-0.39, 0.29) is 60.0 Å². The van der Waals surface area contributed by atoms with Crippen molar-refractivity contribution in [1.29, 1.82) is 0 Å². The fourth-order valence-corrected chi connectivity index (χ4v) is 9.44. The largest absolute Gasteiger partial charge is 0.334 e. The van der Waals surface area contributed by atoms with Gasteiger partial charge < -0.3 is 15.5 Å². The maximum atomic E-state index is 15.0. The minimum Gasteiger partial charge on any atom is -0.334 e. The van der Waals surface area contributed by atoms with Gasteiger partial charge in [0, 0.05) is 44.9 Å². The van der Waals surface area contributed by atoms with E-state index in [4.69, 9.17) is 0 Å².